The molecule has 102 valence electrons. The number of aryl methyl sites for hydroxylation is 1. The molecule has 0 aromatic carbocycles. The van der Waals surface area contributed by atoms with E-state index >= 15 is 0 Å². The predicted molar refractivity (Wildman–Crippen MR) is 74.7 cm³/mol. The van der Waals surface area contributed by atoms with E-state index in [2.05, 4.69) is 23.4 Å². The van der Waals surface area contributed by atoms with Crippen molar-refractivity contribution in [2.24, 2.45) is 0 Å². The van der Waals surface area contributed by atoms with E-state index < -0.39 is 0 Å². The van der Waals surface area contributed by atoms with Gasteiger partial charge in [0.25, 0.3) is 0 Å². The fourth-order valence-corrected chi connectivity index (χ4v) is 1.96. The molecule has 4 heteroatoms. The summed E-state index contributed by atoms with van der Waals surface area (Å²) in [6.07, 6.45) is 3.26. The van der Waals surface area contributed by atoms with Crippen LogP contribution in [0.2, 0.25) is 0 Å². The van der Waals surface area contributed by atoms with E-state index in [1.54, 1.807) is 12.5 Å². The second-order valence-electron chi connectivity index (χ2n) is 4.79. The van der Waals surface area contributed by atoms with Crippen LogP contribution < -0.4 is 0 Å². The molecule has 0 radical (unpaired) electrons. The first-order chi connectivity index (χ1) is 9.10. The van der Waals surface area contributed by atoms with Crippen molar-refractivity contribution in [2.45, 2.75) is 27.3 Å². The summed E-state index contributed by atoms with van der Waals surface area (Å²) in [5, 5.41) is 0. The molecule has 2 aromatic heterocycles. The summed E-state index contributed by atoms with van der Waals surface area (Å²) in [5.41, 5.74) is 3.00. The molecular weight excluding hydrogens is 240 g/mol. The molecule has 0 saturated heterocycles. The van der Waals surface area contributed by atoms with Gasteiger partial charge in [-0.05, 0) is 26.5 Å². The highest BCUT2D eigenvalue weighted by Crippen LogP contribution is 2.22. The lowest BCUT2D eigenvalue weighted by Gasteiger charge is -2.19. The fraction of sp³-hybridized carbons (Fsp3) is 0.400. The quantitative estimate of drug-likeness (QED) is 0.744. The topological polar surface area (TPSA) is 42.4 Å². The molecule has 0 bridgehead atoms. The van der Waals surface area contributed by atoms with Crippen molar-refractivity contribution >= 4 is 0 Å². The molecule has 0 atom stereocenters. The third kappa shape index (κ3) is 3.35. The minimum Gasteiger partial charge on any atom is -0.472 e. The van der Waals surface area contributed by atoms with Crippen LogP contribution in [-0.4, -0.2) is 23.0 Å². The van der Waals surface area contributed by atoms with Gasteiger partial charge in [-0.1, -0.05) is 19.1 Å². The van der Waals surface area contributed by atoms with Crippen LogP contribution in [-0.2, 0) is 6.54 Å². The summed E-state index contributed by atoms with van der Waals surface area (Å²) < 4.78 is 10.7. The largest absolute Gasteiger partial charge is 0.472 e. The van der Waals surface area contributed by atoms with Crippen molar-refractivity contribution in [3.8, 4) is 11.5 Å². The first kappa shape index (κ1) is 13.6. The Hall–Kier alpha value is -1.81. The minimum atomic E-state index is 0.618. The van der Waals surface area contributed by atoms with E-state index in [1.165, 1.54) is 0 Å². The number of nitrogens with zero attached hydrogens (tertiary/aromatic N) is 2. The van der Waals surface area contributed by atoms with Crippen LogP contribution in [0.25, 0.3) is 11.5 Å². The zero-order chi connectivity index (χ0) is 13.8. The lowest BCUT2D eigenvalue weighted by molar-refractivity contribution is 0.299. The van der Waals surface area contributed by atoms with Crippen molar-refractivity contribution in [3.63, 3.8) is 0 Å². The highest BCUT2D eigenvalue weighted by Gasteiger charge is 2.14. The zero-order valence-corrected chi connectivity index (χ0v) is 11.8. The van der Waals surface area contributed by atoms with Crippen LogP contribution >= 0.6 is 0 Å². The van der Waals surface area contributed by atoms with Gasteiger partial charge in [0.2, 0.25) is 5.89 Å². The smallest absolute Gasteiger partial charge is 0.229 e. The molecule has 0 unspecified atom stereocenters. The number of hydrogen-bond acceptors (Lipinski definition) is 4. The van der Waals surface area contributed by atoms with Crippen LogP contribution in [0.1, 0.15) is 25.3 Å². The molecule has 0 aliphatic carbocycles. The van der Waals surface area contributed by atoms with Crippen molar-refractivity contribution in [2.75, 3.05) is 13.1 Å². The summed E-state index contributed by atoms with van der Waals surface area (Å²) in [7, 11) is 0. The Labute approximate surface area is 113 Å². The number of furan rings is 1. The first-order valence-electron chi connectivity index (χ1n) is 6.45. The molecule has 0 spiro atoms. The molecule has 2 aromatic rings. The van der Waals surface area contributed by atoms with E-state index in [4.69, 9.17) is 8.83 Å². The molecular formula is C15H20N2O2. The Kier molecular flexibility index (Phi) is 4.22. The highest BCUT2D eigenvalue weighted by atomic mass is 16.4. The lowest BCUT2D eigenvalue weighted by atomic mass is 10.2. The lowest BCUT2D eigenvalue weighted by Crippen LogP contribution is -2.25. The van der Waals surface area contributed by atoms with Crippen LogP contribution in [0.5, 0.6) is 0 Å². The molecule has 2 rings (SSSR count). The van der Waals surface area contributed by atoms with Gasteiger partial charge in [0.05, 0.1) is 17.5 Å². The first-order valence-corrected chi connectivity index (χ1v) is 6.45. The summed E-state index contributed by atoms with van der Waals surface area (Å²) in [4.78, 5) is 6.83. The second-order valence-corrected chi connectivity index (χ2v) is 4.79. The molecule has 4 nitrogen and oxygen atoms in total. The van der Waals surface area contributed by atoms with Gasteiger partial charge < -0.3 is 8.83 Å². The van der Waals surface area contributed by atoms with Crippen LogP contribution in [0.15, 0.2) is 39.6 Å². The fourth-order valence-electron chi connectivity index (χ4n) is 1.96. The maximum absolute atomic E-state index is 5.69. The number of rotatable bonds is 6. The molecule has 0 saturated carbocycles. The summed E-state index contributed by atoms with van der Waals surface area (Å²) in [5.74, 6) is 1.48. The molecule has 0 amide bonds. The summed E-state index contributed by atoms with van der Waals surface area (Å²) in [6, 6.07) is 1.85. The van der Waals surface area contributed by atoms with Gasteiger partial charge in [-0.2, -0.15) is 0 Å². The van der Waals surface area contributed by atoms with Gasteiger partial charge in [0.15, 0.2) is 0 Å². The zero-order valence-electron chi connectivity index (χ0n) is 11.8. The average Bonchev–Trinajstić information content (AvgIpc) is 2.98. The molecule has 19 heavy (non-hydrogen) atoms. The van der Waals surface area contributed by atoms with Crippen molar-refractivity contribution in [1.82, 2.24) is 9.88 Å². The average molecular weight is 260 g/mol. The second kappa shape index (κ2) is 5.89. The van der Waals surface area contributed by atoms with Gasteiger partial charge in [-0.15, -0.1) is 0 Å². The third-order valence-corrected chi connectivity index (χ3v) is 2.97. The molecule has 0 fully saturated rings. The van der Waals surface area contributed by atoms with Gasteiger partial charge in [-0.25, -0.2) is 4.98 Å². The van der Waals surface area contributed by atoms with Crippen molar-refractivity contribution in [1.29, 1.82) is 0 Å². The molecule has 0 aliphatic rings. The third-order valence-electron chi connectivity index (χ3n) is 2.97. The number of hydrogen-bond donors (Lipinski definition) is 0. The summed E-state index contributed by atoms with van der Waals surface area (Å²) in [6.45, 7) is 12.7. The van der Waals surface area contributed by atoms with Crippen molar-refractivity contribution in [3.05, 3.63) is 42.2 Å². The van der Waals surface area contributed by atoms with E-state index in [-0.39, 0.29) is 0 Å². The maximum atomic E-state index is 5.69. The minimum absolute atomic E-state index is 0.618. The van der Waals surface area contributed by atoms with Gasteiger partial charge in [-0.3, -0.25) is 4.90 Å². The van der Waals surface area contributed by atoms with Crippen LogP contribution in [0.4, 0.5) is 0 Å². The number of oxazole rings is 1. The van der Waals surface area contributed by atoms with Gasteiger partial charge in [0.1, 0.15) is 12.0 Å². The van der Waals surface area contributed by atoms with E-state index in [9.17, 15) is 0 Å². The maximum Gasteiger partial charge on any atom is 0.229 e. The standard InChI is InChI=1S/C15H20N2O2/c1-5-17(8-11(2)3)9-14-12(4)19-15(16-14)13-6-7-18-10-13/h6-7,10H,2,5,8-9H2,1,3-4H3. The SMILES string of the molecule is C=C(C)CN(CC)Cc1nc(-c2ccoc2)oc1C. The van der Waals surface area contributed by atoms with E-state index in [0.717, 1.165) is 42.2 Å². The Morgan fingerprint density at radius 3 is 2.84 bits per heavy atom. The van der Waals surface area contributed by atoms with Crippen LogP contribution in [0.3, 0.4) is 0 Å². The van der Waals surface area contributed by atoms with Gasteiger partial charge in [0, 0.05) is 13.1 Å². The summed E-state index contributed by atoms with van der Waals surface area (Å²) >= 11 is 0. The van der Waals surface area contributed by atoms with Crippen molar-refractivity contribution < 1.29 is 8.83 Å². The molecule has 2 heterocycles. The Bertz CT molecular complexity index is 541. The number of likely N-dealkylation sites (N-methyl/N-ethyl adjacent to an activating group) is 1. The van der Waals surface area contributed by atoms with Gasteiger partial charge >= 0.3 is 0 Å². The Balaban J connectivity index is 2.14. The Morgan fingerprint density at radius 2 is 2.26 bits per heavy atom. The van der Waals surface area contributed by atoms with E-state index in [0.29, 0.717) is 5.89 Å². The highest BCUT2D eigenvalue weighted by molar-refractivity contribution is 5.51. The van der Waals surface area contributed by atoms with E-state index in [1.807, 2.05) is 19.9 Å². The predicted octanol–water partition coefficient (Wildman–Crippen LogP) is 3.64. The van der Waals surface area contributed by atoms with Crippen LogP contribution in [0, 0.1) is 6.92 Å². The monoisotopic (exact) mass is 260 g/mol. The number of aromatic nitrogens is 1. The Morgan fingerprint density at radius 1 is 1.47 bits per heavy atom. The molecule has 0 N–H and O–H groups in total. The normalized spacial score (nSPS) is 11.2. The molecule has 0 aliphatic heterocycles.